The van der Waals surface area contributed by atoms with Gasteiger partial charge in [-0.25, -0.2) is 0 Å². The summed E-state index contributed by atoms with van der Waals surface area (Å²) in [7, 11) is 0. The highest BCUT2D eigenvalue weighted by atomic mass is 35.5. The van der Waals surface area contributed by atoms with Crippen LogP contribution in [0.4, 0.5) is 0 Å². The first-order valence-electron chi connectivity index (χ1n) is 12.5. The van der Waals surface area contributed by atoms with Crippen LogP contribution in [0.3, 0.4) is 0 Å². The molecule has 1 atom stereocenters. The van der Waals surface area contributed by atoms with Crippen molar-refractivity contribution in [3.8, 4) is 0 Å². The van der Waals surface area contributed by atoms with Gasteiger partial charge in [0.05, 0.1) is 5.69 Å². The molecule has 0 saturated carbocycles. The van der Waals surface area contributed by atoms with E-state index in [4.69, 9.17) is 21.3 Å². The maximum absolute atomic E-state index is 6.46. The minimum Gasteiger partial charge on any atom is -0.474 e. The number of fused-ring (bicyclic) bond motifs is 2. The predicted octanol–water partition coefficient (Wildman–Crippen LogP) is 8.08. The molecule has 0 spiro atoms. The zero-order chi connectivity index (χ0) is 24.3. The molecule has 0 N–H and O–H groups in total. The van der Waals surface area contributed by atoms with Crippen molar-refractivity contribution in [2.45, 2.75) is 64.9 Å². The summed E-state index contributed by atoms with van der Waals surface area (Å²) in [6.07, 6.45) is 13.1. The fourth-order valence-electron chi connectivity index (χ4n) is 5.15. The Morgan fingerprint density at radius 1 is 1.24 bits per heavy atom. The van der Waals surface area contributed by atoms with E-state index in [1.807, 2.05) is 12.3 Å². The summed E-state index contributed by atoms with van der Waals surface area (Å²) in [5, 5.41) is 0.773. The highest BCUT2D eigenvalue weighted by Gasteiger charge is 2.34. The van der Waals surface area contributed by atoms with Crippen LogP contribution in [0, 0.1) is 5.92 Å². The molecule has 1 unspecified atom stereocenters. The monoisotopic (exact) mass is 476 g/mol. The molecule has 1 aromatic heterocycles. The zero-order valence-corrected chi connectivity index (χ0v) is 21.7. The lowest BCUT2D eigenvalue weighted by atomic mass is 9.76. The molecule has 0 bridgehead atoms. The summed E-state index contributed by atoms with van der Waals surface area (Å²) in [4.78, 5) is 7.26. The van der Waals surface area contributed by atoms with Gasteiger partial charge in [-0.1, -0.05) is 49.2 Å². The molecule has 2 heterocycles. The van der Waals surface area contributed by atoms with Crippen LogP contribution in [-0.4, -0.2) is 28.6 Å². The van der Waals surface area contributed by atoms with Crippen molar-refractivity contribution < 1.29 is 4.74 Å². The number of ether oxygens (including phenoxy) is 1. The molecule has 0 amide bonds. The Kier molecular flexibility index (Phi) is 7.52. The minimum absolute atomic E-state index is 0.232. The largest absolute Gasteiger partial charge is 0.474 e. The van der Waals surface area contributed by atoms with Crippen LogP contribution in [0.5, 0.6) is 0 Å². The van der Waals surface area contributed by atoms with Gasteiger partial charge in [0.2, 0.25) is 0 Å². The Bertz CT molecular complexity index is 1090. The summed E-state index contributed by atoms with van der Waals surface area (Å²) >= 11 is 6.46. The van der Waals surface area contributed by atoms with E-state index in [0.717, 1.165) is 49.7 Å². The molecule has 1 aromatic carbocycles. The quantitative estimate of drug-likeness (QED) is 0.394. The number of unbranched alkanes of at least 4 members (excludes halogenated alkanes) is 1. The fourth-order valence-corrected chi connectivity index (χ4v) is 5.33. The number of rotatable bonds is 6. The van der Waals surface area contributed by atoms with Crippen LogP contribution < -0.4 is 0 Å². The van der Waals surface area contributed by atoms with Gasteiger partial charge in [0.1, 0.15) is 5.60 Å². The van der Waals surface area contributed by atoms with Crippen LogP contribution in [0.2, 0.25) is 5.02 Å². The third-order valence-corrected chi connectivity index (χ3v) is 6.91. The summed E-state index contributed by atoms with van der Waals surface area (Å²) < 4.78 is 6.05. The topological polar surface area (TPSA) is 25.4 Å². The van der Waals surface area contributed by atoms with Gasteiger partial charge in [0.15, 0.2) is 5.88 Å². The highest BCUT2D eigenvalue weighted by Crippen LogP contribution is 2.45. The maximum atomic E-state index is 6.46. The third-order valence-electron chi connectivity index (χ3n) is 6.68. The zero-order valence-electron chi connectivity index (χ0n) is 21.0. The lowest BCUT2D eigenvalue weighted by molar-refractivity contribution is -0.00613. The molecule has 0 radical (unpaired) electrons. The number of piperidine rings is 1. The molecule has 4 heteroatoms. The molecule has 1 fully saturated rings. The highest BCUT2D eigenvalue weighted by molar-refractivity contribution is 6.30. The first kappa shape index (κ1) is 24.6. The Balaban J connectivity index is 1.68. The first-order chi connectivity index (χ1) is 16.3. The Morgan fingerprint density at radius 3 is 2.71 bits per heavy atom. The Morgan fingerprint density at radius 2 is 2.00 bits per heavy atom. The van der Waals surface area contributed by atoms with Gasteiger partial charge in [-0.15, -0.1) is 0 Å². The number of hydrogen-bond donors (Lipinski definition) is 0. The van der Waals surface area contributed by atoms with Crippen LogP contribution in [0.1, 0.15) is 81.7 Å². The number of hydrogen-bond acceptors (Lipinski definition) is 3. The second kappa shape index (κ2) is 10.4. The van der Waals surface area contributed by atoms with Crippen molar-refractivity contribution in [3.63, 3.8) is 0 Å². The Labute approximate surface area is 210 Å². The van der Waals surface area contributed by atoms with E-state index < -0.39 is 0 Å². The SMILES string of the molecule is C=C(OC(C)(C)C)N1CCC(C2c3ccc(Cl)cc3C=C(/C=C\CCC)c3cccnc32)CC1. The van der Waals surface area contributed by atoms with Gasteiger partial charge in [-0.05, 0) is 93.5 Å². The lowest BCUT2D eigenvalue weighted by Crippen LogP contribution is -2.38. The summed E-state index contributed by atoms with van der Waals surface area (Å²) in [5.41, 5.74) is 5.92. The number of halogens is 1. The van der Waals surface area contributed by atoms with Crippen LogP contribution in [0.25, 0.3) is 11.6 Å². The summed E-state index contributed by atoms with van der Waals surface area (Å²) in [6.45, 7) is 14.5. The van der Waals surface area contributed by atoms with Gasteiger partial charge in [-0.3, -0.25) is 4.98 Å². The number of aromatic nitrogens is 1. The van der Waals surface area contributed by atoms with Crippen molar-refractivity contribution >= 4 is 23.3 Å². The van der Waals surface area contributed by atoms with E-state index in [0.29, 0.717) is 5.92 Å². The van der Waals surface area contributed by atoms with E-state index in [-0.39, 0.29) is 11.5 Å². The number of benzene rings is 1. The Hall–Kier alpha value is -2.52. The molecular weight excluding hydrogens is 440 g/mol. The molecule has 4 rings (SSSR count). The van der Waals surface area contributed by atoms with Crippen molar-refractivity contribution in [1.82, 2.24) is 9.88 Å². The van der Waals surface area contributed by atoms with E-state index in [1.54, 1.807) is 0 Å². The standard InChI is InChI=1S/C30H37ClN2O/c1-6-7-8-10-23-19-24-20-25(31)12-13-26(24)28(29-27(23)11-9-16-32-29)22-14-17-33(18-15-22)21(2)34-30(3,4)5/h8-13,16,19-20,22,28H,2,6-7,14-15,17-18H2,1,3-5H3/b10-8-. The average molecular weight is 477 g/mol. The molecule has 2 aromatic rings. The first-order valence-corrected chi connectivity index (χ1v) is 12.9. The van der Waals surface area contributed by atoms with Gasteiger partial charge in [0, 0.05) is 35.8 Å². The minimum atomic E-state index is -0.232. The normalized spacial score (nSPS) is 18.8. The van der Waals surface area contributed by atoms with E-state index in [1.165, 1.54) is 28.0 Å². The van der Waals surface area contributed by atoms with Gasteiger partial charge >= 0.3 is 0 Å². The van der Waals surface area contributed by atoms with E-state index >= 15 is 0 Å². The molecule has 2 aliphatic rings. The van der Waals surface area contributed by atoms with Crippen LogP contribution in [0.15, 0.2) is 61.1 Å². The third kappa shape index (κ3) is 5.58. The molecule has 180 valence electrons. The molecular formula is C30H37ClN2O. The van der Waals surface area contributed by atoms with Crippen molar-refractivity contribution in [2.75, 3.05) is 13.1 Å². The average Bonchev–Trinajstić information content (AvgIpc) is 2.92. The smallest absolute Gasteiger partial charge is 0.182 e. The second-order valence-corrected chi connectivity index (χ2v) is 10.8. The molecule has 3 nitrogen and oxygen atoms in total. The molecule has 34 heavy (non-hydrogen) atoms. The van der Waals surface area contributed by atoms with Crippen molar-refractivity contribution in [2.24, 2.45) is 5.92 Å². The second-order valence-electron chi connectivity index (χ2n) is 10.4. The van der Waals surface area contributed by atoms with Gasteiger partial charge in [0.25, 0.3) is 0 Å². The molecule has 1 aliphatic heterocycles. The fraction of sp³-hybridized carbons (Fsp3) is 0.433. The van der Waals surface area contributed by atoms with Crippen LogP contribution >= 0.6 is 11.6 Å². The lowest BCUT2D eigenvalue weighted by Gasteiger charge is -2.39. The number of likely N-dealkylation sites (tertiary alicyclic amines) is 1. The van der Waals surface area contributed by atoms with E-state index in [9.17, 15) is 0 Å². The van der Waals surface area contributed by atoms with Crippen LogP contribution in [-0.2, 0) is 4.74 Å². The number of pyridine rings is 1. The van der Waals surface area contributed by atoms with Crippen molar-refractivity contribution in [3.05, 3.63) is 88.5 Å². The maximum Gasteiger partial charge on any atom is 0.182 e. The predicted molar refractivity (Wildman–Crippen MR) is 144 cm³/mol. The summed E-state index contributed by atoms with van der Waals surface area (Å²) in [5.74, 6) is 1.50. The van der Waals surface area contributed by atoms with Gasteiger partial charge in [-0.2, -0.15) is 0 Å². The van der Waals surface area contributed by atoms with Gasteiger partial charge < -0.3 is 9.64 Å². The molecule has 1 aliphatic carbocycles. The molecule has 1 saturated heterocycles. The summed E-state index contributed by atoms with van der Waals surface area (Å²) in [6, 6.07) is 10.6. The van der Waals surface area contributed by atoms with E-state index in [2.05, 4.69) is 81.7 Å². The van der Waals surface area contributed by atoms with Crippen molar-refractivity contribution in [1.29, 1.82) is 0 Å². The number of allylic oxidation sites excluding steroid dienone is 3. The number of nitrogens with zero attached hydrogens (tertiary/aromatic N) is 2.